The minimum absolute atomic E-state index is 0.0109. The van der Waals surface area contributed by atoms with E-state index in [1.54, 1.807) is 6.92 Å². The third-order valence-corrected chi connectivity index (χ3v) is 3.74. The highest BCUT2D eigenvalue weighted by atomic mass is 16.4. The lowest BCUT2D eigenvalue weighted by Gasteiger charge is -2.25. The van der Waals surface area contributed by atoms with Crippen LogP contribution in [-0.2, 0) is 14.4 Å². The molecule has 0 aliphatic heterocycles. The van der Waals surface area contributed by atoms with Crippen LogP contribution in [0.25, 0.3) is 0 Å². The topological polar surface area (TPSA) is 86.7 Å². The molecule has 1 aliphatic carbocycles. The summed E-state index contributed by atoms with van der Waals surface area (Å²) in [6, 6.07) is 0. The van der Waals surface area contributed by atoms with Gasteiger partial charge in [0.25, 0.3) is 0 Å². The summed E-state index contributed by atoms with van der Waals surface area (Å²) in [4.78, 5) is 36.4. The summed E-state index contributed by atoms with van der Waals surface area (Å²) < 4.78 is 0. The predicted molar refractivity (Wildman–Crippen MR) is 69.3 cm³/mol. The normalized spacial score (nSPS) is 25.9. The van der Waals surface area contributed by atoms with Crippen LogP contribution >= 0.6 is 0 Å². The van der Waals surface area contributed by atoms with Crippen LogP contribution in [0, 0.1) is 17.8 Å². The highest BCUT2D eigenvalue weighted by Gasteiger charge is 2.42. The molecule has 0 heterocycles. The van der Waals surface area contributed by atoms with Crippen LogP contribution in [-0.4, -0.2) is 47.9 Å². The van der Waals surface area contributed by atoms with Gasteiger partial charge < -0.3 is 15.3 Å². The Morgan fingerprint density at radius 3 is 2.32 bits per heavy atom. The molecule has 1 rings (SSSR count). The van der Waals surface area contributed by atoms with Crippen LogP contribution in [0.15, 0.2) is 0 Å². The number of carbonyl (C=O) groups is 3. The molecule has 1 fully saturated rings. The van der Waals surface area contributed by atoms with Gasteiger partial charge in [0.15, 0.2) is 0 Å². The zero-order valence-electron chi connectivity index (χ0n) is 11.7. The summed E-state index contributed by atoms with van der Waals surface area (Å²) in [5.41, 5.74) is 0. The van der Waals surface area contributed by atoms with E-state index in [1.807, 2.05) is 6.92 Å². The van der Waals surface area contributed by atoms with Gasteiger partial charge in [0.05, 0.1) is 18.4 Å². The molecule has 0 saturated heterocycles. The smallest absolute Gasteiger partial charge is 0.307 e. The lowest BCUT2D eigenvalue weighted by Crippen LogP contribution is -2.44. The number of nitrogens with one attached hydrogen (secondary N) is 1. The molecule has 0 spiro atoms. The third-order valence-electron chi connectivity index (χ3n) is 3.74. The van der Waals surface area contributed by atoms with Gasteiger partial charge >= 0.3 is 5.97 Å². The monoisotopic (exact) mass is 270 g/mol. The van der Waals surface area contributed by atoms with Gasteiger partial charge in [-0.05, 0) is 25.7 Å². The predicted octanol–water partition coefficient (Wildman–Crippen LogP) is 0.328. The van der Waals surface area contributed by atoms with E-state index in [2.05, 4.69) is 5.32 Å². The number of likely N-dealkylation sites (N-methyl/N-ethyl adjacent to an activating group) is 2. The van der Waals surface area contributed by atoms with Gasteiger partial charge in [-0.25, -0.2) is 0 Å². The number of rotatable bonds is 5. The van der Waals surface area contributed by atoms with Crippen molar-refractivity contribution in [1.29, 1.82) is 0 Å². The van der Waals surface area contributed by atoms with Crippen molar-refractivity contribution in [3.8, 4) is 0 Å². The second-order valence-corrected chi connectivity index (χ2v) is 5.15. The summed E-state index contributed by atoms with van der Waals surface area (Å²) >= 11 is 0. The van der Waals surface area contributed by atoms with Crippen LogP contribution in [0.4, 0.5) is 0 Å². The fourth-order valence-corrected chi connectivity index (χ4v) is 2.67. The van der Waals surface area contributed by atoms with E-state index in [-0.39, 0.29) is 24.3 Å². The first-order valence-corrected chi connectivity index (χ1v) is 6.62. The van der Waals surface area contributed by atoms with Crippen molar-refractivity contribution in [1.82, 2.24) is 10.2 Å². The van der Waals surface area contributed by atoms with E-state index in [0.29, 0.717) is 19.4 Å². The van der Waals surface area contributed by atoms with Crippen LogP contribution in [0.3, 0.4) is 0 Å². The summed E-state index contributed by atoms with van der Waals surface area (Å²) in [6.07, 6.45) is 1.11. The summed E-state index contributed by atoms with van der Waals surface area (Å²) in [7, 11) is 1.51. The first kappa shape index (κ1) is 15.5. The number of amides is 2. The molecular weight excluding hydrogens is 248 g/mol. The number of carbonyl (C=O) groups excluding carboxylic acids is 2. The number of carboxylic acid groups (broad SMARTS) is 1. The SMILES string of the molecule is CCN(CC(=O)NC)C(=O)[C@H]1CC(C)C[C@H]1C(=O)O. The van der Waals surface area contributed by atoms with Crippen molar-refractivity contribution < 1.29 is 19.5 Å². The average Bonchev–Trinajstić information content (AvgIpc) is 2.77. The molecule has 6 nitrogen and oxygen atoms in total. The lowest BCUT2D eigenvalue weighted by molar-refractivity contribution is -0.149. The number of hydrogen-bond acceptors (Lipinski definition) is 3. The molecule has 1 saturated carbocycles. The quantitative estimate of drug-likeness (QED) is 0.753. The molecular formula is C13H22N2O4. The van der Waals surface area contributed by atoms with E-state index in [4.69, 9.17) is 0 Å². The maximum Gasteiger partial charge on any atom is 0.307 e. The molecule has 0 aromatic heterocycles. The first-order valence-electron chi connectivity index (χ1n) is 6.62. The van der Waals surface area contributed by atoms with Gasteiger partial charge in [-0.2, -0.15) is 0 Å². The molecule has 1 aliphatic rings. The first-order chi connectivity index (χ1) is 8.90. The molecule has 19 heavy (non-hydrogen) atoms. The van der Waals surface area contributed by atoms with Crippen molar-refractivity contribution in [2.75, 3.05) is 20.1 Å². The molecule has 6 heteroatoms. The van der Waals surface area contributed by atoms with Gasteiger partial charge in [0.2, 0.25) is 11.8 Å². The Bertz CT molecular complexity index is 370. The molecule has 2 amide bonds. The Morgan fingerprint density at radius 2 is 1.84 bits per heavy atom. The molecule has 108 valence electrons. The zero-order chi connectivity index (χ0) is 14.6. The number of hydrogen-bond donors (Lipinski definition) is 2. The van der Waals surface area contributed by atoms with Crippen molar-refractivity contribution in [3.63, 3.8) is 0 Å². The van der Waals surface area contributed by atoms with Gasteiger partial charge in [0, 0.05) is 13.6 Å². The van der Waals surface area contributed by atoms with Gasteiger partial charge in [-0.1, -0.05) is 6.92 Å². The van der Waals surface area contributed by atoms with Gasteiger partial charge in [-0.3, -0.25) is 14.4 Å². The Balaban J connectivity index is 2.78. The molecule has 1 unspecified atom stereocenters. The maximum absolute atomic E-state index is 12.4. The summed E-state index contributed by atoms with van der Waals surface area (Å²) in [5.74, 6) is -2.28. The fourth-order valence-electron chi connectivity index (χ4n) is 2.67. The Kier molecular flexibility index (Phi) is 5.32. The molecule has 0 aromatic carbocycles. The van der Waals surface area contributed by atoms with Crippen LogP contribution in [0.1, 0.15) is 26.7 Å². The standard InChI is InChI=1S/C13H22N2O4/c1-4-15(7-11(16)14-3)12(17)9-5-8(2)6-10(9)13(18)19/h8-10H,4-7H2,1-3H3,(H,14,16)(H,18,19)/t8?,9-,10+/m0/s1. The Hall–Kier alpha value is -1.59. The third kappa shape index (κ3) is 3.68. The van der Waals surface area contributed by atoms with Crippen molar-refractivity contribution >= 4 is 17.8 Å². The van der Waals surface area contributed by atoms with E-state index >= 15 is 0 Å². The van der Waals surface area contributed by atoms with Crippen LogP contribution < -0.4 is 5.32 Å². The minimum atomic E-state index is -0.918. The number of carboxylic acids is 1. The molecule has 0 aromatic rings. The minimum Gasteiger partial charge on any atom is -0.481 e. The van der Waals surface area contributed by atoms with Crippen molar-refractivity contribution in [2.45, 2.75) is 26.7 Å². The zero-order valence-corrected chi connectivity index (χ0v) is 11.7. The van der Waals surface area contributed by atoms with Gasteiger partial charge in [0.1, 0.15) is 0 Å². The second kappa shape index (κ2) is 6.54. The fraction of sp³-hybridized carbons (Fsp3) is 0.769. The van der Waals surface area contributed by atoms with E-state index in [9.17, 15) is 19.5 Å². The summed E-state index contributed by atoms with van der Waals surface area (Å²) in [5, 5.41) is 11.7. The Morgan fingerprint density at radius 1 is 1.26 bits per heavy atom. The van der Waals surface area contributed by atoms with E-state index in [0.717, 1.165) is 0 Å². The lowest BCUT2D eigenvalue weighted by atomic mass is 9.94. The van der Waals surface area contributed by atoms with Crippen molar-refractivity contribution in [2.24, 2.45) is 17.8 Å². The van der Waals surface area contributed by atoms with Crippen LogP contribution in [0.2, 0.25) is 0 Å². The highest BCUT2D eigenvalue weighted by Crippen LogP contribution is 2.37. The molecule has 2 N–H and O–H groups in total. The van der Waals surface area contributed by atoms with Crippen molar-refractivity contribution in [3.05, 3.63) is 0 Å². The van der Waals surface area contributed by atoms with Crippen LogP contribution in [0.5, 0.6) is 0 Å². The maximum atomic E-state index is 12.4. The van der Waals surface area contributed by atoms with E-state index in [1.165, 1.54) is 11.9 Å². The Labute approximate surface area is 113 Å². The molecule has 3 atom stereocenters. The highest BCUT2D eigenvalue weighted by molar-refractivity contribution is 5.88. The molecule has 0 radical (unpaired) electrons. The second-order valence-electron chi connectivity index (χ2n) is 5.15. The molecule has 0 bridgehead atoms. The van der Waals surface area contributed by atoms with E-state index < -0.39 is 17.8 Å². The largest absolute Gasteiger partial charge is 0.481 e. The van der Waals surface area contributed by atoms with Gasteiger partial charge in [-0.15, -0.1) is 0 Å². The number of nitrogens with zero attached hydrogens (tertiary/aromatic N) is 1. The average molecular weight is 270 g/mol. The number of aliphatic carboxylic acids is 1. The summed E-state index contributed by atoms with van der Waals surface area (Å²) in [6.45, 7) is 4.14.